The first-order valence-electron chi connectivity index (χ1n) is 7.21. The molecule has 0 amide bonds. The Morgan fingerprint density at radius 2 is 2.00 bits per heavy atom. The van der Waals surface area contributed by atoms with E-state index in [1.54, 1.807) is 24.5 Å². The van der Waals surface area contributed by atoms with Crippen LogP contribution in [0.5, 0.6) is 0 Å². The van der Waals surface area contributed by atoms with Gasteiger partial charge in [-0.15, -0.1) is 0 Å². The van der Waals surface area contributed by atoms with Crippen LogP contribution < -0.4 is 0 Å². The molecule has 1 aromatic carbocycles. The zero-order valence-corrected chi connectivity index (χ0v) is 12.9. The van der Waals surface area contributed by atoms with Crippen molar-refractivity contribution in [3.05, 3.63) is 66.0 Å². The summed E-state index contributed by atoms with van der Waals surface area (Å²) in [6.45, 7) is 3.34. The van der Waals surface area contributed by atoms with E-state index in [0.29, 0.717) is 12.1 Å². The first-order chi connectivity index (χ1) is 10.9. The summed E-state index contributed by atoms with van der Waals surface area (Å²) in [4.78, 5) is 4.16. The van der Waals surface area contributed by atoms with Gasteiger partial charge < -0.3 is 4.57 Å². The Bertz CT molecular complexity index is 821. The van der Waals surface area contributed by atoms with Gasteiger partial charge in [-0.2, -0.15) is 10.2 Å². The summed E-state index contributed by atoms with van der Waals surface area (Å²) in [5, 5.41) is 8.10. The topological polar surface area (TPSA) is 43.6 Å². The molecule has 0 saturated carbocycles. The number of benzene rings is 1. The fraction of sp³-hybridized carbons (Fsp3) is 0.235. The summed E-state index contributed by atoms with van der Waals surface area (Å²) < 4.78 is 28.9. The van der Waals surface area contributed by atoms with Crippen LogP contribution in [0.25, 0.3) is 11.1 Å². The van der Waals surface area contributed by atoms with E-state index in [0.717, 1.165) is 24.0 Å². The highest BCUT2D eigenvalue weighted by Crippen LogP contribution is 2.30. The maximum Gasteiger partial charge on any atom is 0.270 e. The molecule has 2 aromatic heterocycles. The maximum atomic E-state index is 13.5. The summed E-state index contributed by atoms with van der Waals surface area (Å²) in [6, 6.07) is 8.19. The van der Waals surface area contributed by atoms with E-state index < -0.39 is 5.92 Å². The van der Waals surface area contributed by atoms with Gasteiger partial charge in [-0.25, -0.2) is 13.8 Å². The van der Waals surface area contributed by atoms with Crippen LogP contribution in [0.15, 0.2) is 48.9 Å². The van der Waals surface area contributed by atoms with Gasteiger partial charge in [0, 0.05) is 30.4 Å². The third kappa shape index (κ3) is 3.41. The molecule has 2 heterocycles. The lowest BCUT2D eigenvalue weighted by Crippen LogP contribution is -2.07. The Morgan fingerprint density at radius 1 is 1.17 bits per heavy atom. The number of hydrogen-bond acceptors (Lipinski definition) is 3. The van der Waals surface area contributed by atoms with Crippen molar-refractivity contribution in [1.29, 1.82) is 0 Å². The zero-order valence-electron chi connectivity index (χ0n) is 12.9. The number of alkyl halides is 2. The SMILES string of the molecule is Cc1nccn1Cc1cc(-c2cccc(C(C)(F)F)c2)cnn1. The van der Waals surface area contributed by atoms with Gasteiger partial charge in [0.15, 0.2) is 0 Å². The Labute approximate surface area is 132 Å². The molecule has 0 aliphatic rings. The second-order valence-electron chi connectivity index (χ2n) is 5.51. The minimum absolute atomic E-state index is 0.0150. The third-order valence-electron chi connectivity index (χ3n) is 3.66. The Kier molecular flexibility index (Phi) is 3.90. The molecule has 0 bridgehead atoms. The Morgan fingerprint density at radius 3 is 2.70 bits per heavy atom. The van der Waals surface area contributed by atoms with E-state index in [1.807, 2.05) is 23.8 Å². The predicted octanol–water partition coefficient (Wildman–Crippen LogP) is 3.81. The molecule has 0 fully saturated rings. The molecule has 0 saturated heterocycles. The van der Waals surface area contributed by atoms with Gasteiger partial charge in [-0.3, -0.25) is 0 Å². The summed E-state index contributed by atoms with van der Waals surface area (Å²) in [5.74, 6) is -1.99. The first-order valence-corrected chi connectivity index (χ1v) is 7.21. The van der Waals surface area contributed by atoms with Gasteiger partial charge in [0.05, 0.1) is 18.4 Å². The highest BCUT2D eigenvalue weighted by atomic mass is 19.3. The van der Waals surface area contributed by atoms with Gasteiger partial charge in [-0.05, 0) is 24.6 Å². The summed E-state index contributed by atoms with van der Waals surface area (Å²) >= 11 is 0. The smallest absolute Gasteiger partial charge is 0.270 e. The monoisotopic (exact) mass is 314 g/mol. The van der Waals surface area contributed by atoms with Crippen molar-refractivity contribution in [2.75, 3.05) is 0 Å². The lowest BCUT2D eigenvalue weighted by atomic mass is 10.0. The molecule has 23 heavy (non-hydrogen) atoms. The van der Waals surface area contributed by atoms with E-state index in [2.05, 4.69) is 15.2 Å². The quantitative estimate of drug-likeness (QED) is 0.735. The Hall–Kier alpha value is -2.63. The number of rotatable bonds is 4. The average molecular weight is 314 g/mol. The van der Waals surface area contributed by atoms with E-state index in [9.17, 15) is 8.78 Å². The first kappa shape index (κ1) is 15.3. The second kappa shape index (κ2) is 5.87. The normalized spacial score (nSPS) is 11.7. The molecule has 0 aliphatic carbocycles. The molecule has 6 heteroatoms. The molecular formula is C17H16F2N4. The van der Waals surface area contributed by atoms with Crippen LogP contribution in [0.4, 0.5) is 8.78 Å². The molecule has 0 unspecified atom stereocenters. The maximum absolute atomic E-state index is 13.5. The summed E-state index contributed by atoms with van der Waals surface area (Å²) in [7, 11) is 0. The number of halogens is 2. The van der Waals surface area contributed by atoms with Crippen molar-refractivity contribution in [2.24, 2.45) is 0 Å². The highest BCUT2D eigenvalue weighted by molar-refractivity contribution is 5.63. The van der Waals surface area contributed by atoms with Gasteiger partial charge >= 0.3 is 0 Å². The third-order valence-corrected chi connectivity index (χ3v) is 3.66. The van der Waals surface area contributed by atoms with Crippen LogP contribution in [-0.4, -0.2) is 19.7 Å². The predicted molar refractivity (Wildman–Crippen MR) is 83.1 cm³/mol. The molecule has 3 rings (SSSR count). The number of aromatic nitrogens is 4. The summed E-state index contributed by atoms with van der Waals surface area (Å²) in [5.41, 5.74) is 2.19. The van der Waals surface area contributed by atoms with Crippen molar-refractivity contribution < 1.29 is 8.78 Å². The van der Waals surface area contributed by atoms with Gasteiger partial charge in [-0.1, -0.05) is 18.2 Å². The molecule has 4 nitrogen and oxygen atoms in total. The van der Waals surface area contributed by atoms with E-state index in [-0.39, 0.29) is 5.56 Å². The van der Waals surface area contributed by atoms with Crippen LogP contribution in [0, 0.1) is 6.92 Å². The van der Waals surface area contributed by atoms with Crippen molar-refractivity contribution in [1.82, 2.24) is 19.7 Å². The van der Waals surface area contributed by atoms with E-state index in [4.69, 9.17) is 0 Å². The molecule has 0 aliphatic heterocycles. The average Bonchev–Trinajstić information content (AvgIpc) is 2.92. The van der Waals surface area contributed by atoms with Crippen LogP contribution in [0.2, 0.25) is 0 Å². The number of nitrogens with zero attached hydrogens (tertiary/aromatic N) is 4. The van der Waals surface area contributed by atoms with Crippen molar-refractivity contribution in [2.45, 2.75) is 26.3 Å². The highest BCUT2D eigenvalue weighted by Gasteiger charge is 2.24. The fourth-order valence-corrected chi connectivity index (χ4v) is 2.36. The molecule has 118 valence electrons. The number of imidazole rings is 1. The van der Waals surface area contributed by atoms with Crippen molar-refractivity contribution in [3.63, 3.8) is 0 Å². The molecule has 0 spiro atoms. The largest absolute Gasteiger partial charge is 0.329 e. The minimum atomic E-state index is -2.87. The molecule has 0 N–H and O–H groups in total. The lowest BCUT2D eigenvalue weighted by Gasteiger charge is -2.12. The van der Waals surface area contributed by atoms with E-state index >= 15 is 0 Å². The van der Waals surface area contributed by atoms with E-state index in [1.165, 1.54) is 12.1 Å². The molecular weight excluding hydrogens is 298 g/mol. The Balaban J connectivity index is 1.92. The molecule has 3 aromatic rings. The lowest BCUT2D eigenvalue weighted by molar-refractivity contribution is 0.0175. The van der Waals surface area contributed by atoms with Gasteiger partial charge in [0.1, 0.15) is 5.82 Å². The molecule has 0 atom stereocenters. The van der Waals surface area contributed by atoms with Crippen molar-refractivity contribution >= 4 is 0 Å². The summed E-state index contributed by atoms with van der Waals surface area (Å²) in [6.07, 6.45) is 5.17. The van der Waals surface area contributed by atoms with Crippen molar-refractivity contribution in [3.8, 4) is 11.1 Å². The minimum Gasteiger partial charge on any atom is -0.329 e. The van der Waals surface area contributed by atoms with Crippen LogP contribution in [0.3, 0.4) is 0 Å². The number of hydrogen-bond donors (Lipinski definition) is 0. The van der Waals surface area contributed by atoms with Crippen LogP contribution >= 0.6 is 0 Å². The zero-order chi connectivity index (χ0) is 16.4. The molecule has 0 radical (unpaired) electrons. The number of aryl methyl sites for hydroxylation is 1. The van der Waals surface area contributed by atoms with Gasteiger partial charge in [0.25, 0.3) is 5.92 Å². The standard InChI is InChI=1S/C17H16F2N4/c1-12-20-6-7-23(12)11-16-9-14(10-21-22-16)13-4-3-5-15(8-13)17(2,18)19/h3-10H,11H2,1-2H3. The second-order valence-corrected chi connectivity index (χ2v) is 5.51. The van der Waals surface area contributed by atoms with Gasteiger partial charge in [0.2, 0.25) is 0 Å². The van der Waals surface area contributed by atoms with Crippen LogP contribution in [-0.2, 0) is 12.5 Å². The fourth-order valence-electron chi connectivity index (χ4n) is 2.36. The van der Waals surface area contributed by atoms with Crippen LogP contribution in [0.1, 0.15) is 24.0 Å².